The Balaban J connectivity index is 1.83. The first-order chi connectivity index (χ1) is 15.9. The molecule has 0 aliphatic carbocycles. The predicted octanol–water partition coefficient (Wildman–Crippen LogP) is 2.59. The predicted molar refractivity (Wildman–Crippen MR) is 124 cm³/mol. The van der Waals surface area contributed by atoms with Crippen molar-refractivity contribution in [2.24, 2.45) is 5.73 Å². The minimum atomic E-state index is -0.623. The number of anilines is 2. The Hall–Kier alpha value is -3.74. The number of methoxy groups -OCH3 is 1. The van der Waals surface area contributed by atoms with Crippen molar-refractivity contribution in [2.75, 3.05) is 50.2 Å². The molecule has 2 aromatic carbocycles. The number of rotatable bonds is 8. The zero-order chi connectivity index (χ0) is 23.8. The molecule has 1 saturated heterocycles. The van der Waals surface area contributed by atoms with Crippen LogP contribution in [0.3, 0.4) is 0 Å². The molecule has 2 amide bonds. The van der Waals surface area contributed by atoms with Gasteiger partial charge in [0.15, 0.2) is 18.1 Å². The third-order valence-corrected chi connectivity index (χ3v) is 5.03. The lowest BCUT2D eigenvalue weighted by atomic mass is 10.1. The largest absolute Gasteiger partial charge is 0.493 e. The van der Waals surface area contributed by atoms with Crippen molar-refractivity contribution in [3.8, 4) is 17.6 Å². The van der Waals surface area contributed by atoms with Gasteiger partial charge >= 0.3 is 0 Å². The summed E-state index contributed by atoms with van der Waals surface area (Å²) in [5, 5.41) is 12.8. The third-order valence-electron chi connectivity index (χ3n) is 4.79. The summed E-state index contributed by atoms with van der Waals surface area (Å²) in [5.41, 5.74) is 6.81. The topological polar surface area (TPSA) is 127 Å². The van der Waals surface area contributed by atoms with Gasteiger partial charge in [0.25, 0.3) is 11.8 Å². The number of nitriles is 1. The van der Waals surface area contributed by atoms with E-state index in [2.05, 4.69) is 10.2 Å². The van der Waals surface area contributed by atoms with Crippen molar-refractivity contribution < 1.29 is 23.8 Å². The Bertz CT molecular complexity index is 1110. The molecule has 2 aromatic rings. The molecule has 0 unspecified atom stereocenters. The van der Waals surface area contributed by atoms with Crippen LogP contribution in [0.15, 0.2) is 42.0 Å². The van der Waals surface area contributed by atoms with Crippen LogP contribution >= 0.6 is 11.6 Å². The molecule has 3 rings (SSSR count). The van der Waals surface area contributed by atoms with E-state index >= 15 is 0 Å². The number of hydrogen-bond acceptors (Lipinski definition) is 7. The first-order valence-corrected chi connectivity index (χ1v) is 10.4. The lowest BCUT2D eigenvalue weighted by Crippen LogP contribution is -2.36. The highest BCUT2D eigenvalue weighted by Gasteiger charge is 2.18. The van der Waals surface area contributed by atoms with Gasteiger partial charge in [-0.05, 0) is 42.0 Å². The number of nitrogens with one attached hydrogen (secondary N) is 1. The van der Waals surface area contributed by atoms with Crippen LogP contribution in [0.5, 0.6) is 11.5 Å². The third kappa shape index (κ3) is 6.38. The second kappa shape index (κ2) is 11.2. The number of halogens is 1. The maximum Gasteiger partial charge on any atom is 0.266 e. The second-order valence-corrected chi connectivity index (χ2v) is 7.49. The standard InChI is InChI=1S/C23H23ClN4O5/c1-31-21-11-15(2-5-20(21)33-14-22(26)29)10-16(13-25)23(30)27-18-12-17(24)3-4-19(18)28-6-8-32-9-7-28/h2-5,10-12H,6-9,14H2,1H3,(H2,26,29)(H,27,30). The van der Waals surface area contributed by atoms with Crippen molar-refractivity contribution in [3.05, 3.63) is 52.6 Å². The Morgan fingerprint density at radius 3 is 2.67 bits per heavy atom. The number of nitrogens with zero attached hydrogens (tertiary/aromatic N) is 2. The van der Waals surface area contributed by atoms with Crippen LogP contribution in [0.2, 0.25) is 5.02 Å². The van der Waals surface area contributed by atoms with Crippen LogP contribution in [0.4, 0.5) is 11.4 Å². The number of hydrogen-bond donors (Lipinski definition) is 2. The normalized spacial score (nSPS) is 13.7. The van der Waals surface area contributed by atoms with Gasteiger partial charge in [-0.2, -0.15) is 5.26 Å². The fourth-order valence-electron chi connectivity index (χ4n) is 3.24. The van der Waals surface area contributed by atoms with E-state index in [0.717, 1.165) is 5.69 Å². The number of benzene rings is 2. The van der Waals surface area contributed by atoms with Gasteiger partial charge in [-0.25, -0.2) is 0 Å². The van der Waals surface area contributed by atoms with Crippen LogP contribution in [0, 0.1) is 11.3 Å². The van der Waals surface area contributed by atoms with E-state index in [1.54, 1.807) is 30.3 Å². The number of amides is 2. The second-order valence-electron chi connectivity index (χ2n) is 7.05. The number of morpholine rings is 1. The number of carbonyl (C=O) groups excluding carboxylic acids is 2. The fraction of sp³-hybridized carbons (Fsp3) is 0.261. The average molecular weight is 471 g/mol. The molecule has 10 heteroatoms. The van der Waals surface area contributed by atoms with Crippen molar-refractivity contribution in [3.63, 3.8) is 0 Å². The highest BCUT2D eigenvalue weighted by molar-refractivity contribution is 6.31. The van der Waals surface area contributed by atoms with E-state index in [-0.39, 0.29) is 12.2 Å². The number of carbonyl (C=O) groups is 2. The van der Waals surface area contributed by atoms with E-state index in [0.29, 0.717) is 54.1 Å². The van der Waals surface area contributed by atoms with Crippen LogP contribution in [-0.2, 0) is 14.3 Å². The molecular weight excluding hydrogens is 448 g/mol. The van der Waals surface area contributed by atoms with Gasteiger partial charge in [0.1, 0.15) is 11.6 Å². The van der Waals surface area contributed by atoms with Crippen molar-refractivity contribution in [1.29, 1.82) is 5.26 Å². The molecule has 1 aliphatic rings. The summed E-state index contributed by atoms with van der Waals surface area (Å²) in [6, 6.07) is 11.9. The lowest BCUT2D eigenvalue weighted by molar-refractivity contribution is -0.120. The summed E-state index contributed by atoms with van der Waals surface area (Å²) < 4.78 is 16.0. The van der Waals surface area contributed by atoms with Crippen molar-refractivity contribution >= 4 is 40.9 Å². The van der Waals surface area contributed by atoms with Crippen LogP contribution in [-0.4, -0.2) is 51.8 Å². The summed E-state index contributed by atoms with van der Waals surface area (Å²) in [6.45, 7) is 2.22. The van der Waals surface area contributed by atoms with Crippen molar-refractivity contribution in [2.45, 2.75) is 0 Å². The van der Waals surface area contributed by atoms with E-state index in [4.69, 9.17) is 31.5 Å². The lowest BCUT2D eigenvalue weighted by Gasteiger charge is -2.30. The summed E-state index contributed by atoms with van der Waals surface area (Å²) in [5.74, 6) is -0.568. The summed E-state index contributed by atoms with van der Waals surface area (Å²) in [4.78, 5) is 25.9. The number of nitrogens with two attached hydrogens (primary N) is 1. The van der Waals surface area contributed by atoms with E-state index in [1.807, 2.05) is 12.1 Å². The summed E-state index contributed by atoms with van der Waals surface area (Å²) in [6.07, 6.45) is 1.43. The van der Waals surface area contributed by atoms with E-state index in [9.17, 15) is 14.9 Å². The van der Waals surface area contributed by atoms with Gasteiger partial charge in [0.2, 0.25) is 0 Å². The summed E-state index contributed by atoms with van der Waals surface area (Å²) >= 11 is 6.15. The maximum atomic E-state index is 12.9. The Morgan fingerprint density at radius 2 is 2.00 bits per heavy atom. The first-order valence-electron chi connectivity index (χ1n) is 10.1. The van der Waals surface area contributed by atoms with E-state index < -0.39 is 11.8 Å². The minimum Gasteiger partial charge on any atom is -0.493 e. The molecule has 1 aliphatic heterocycles. The van der Waals surface area contributed by atoms with E-state index in [1.165, 1.54) is 13.2 Å². The van der Waals surface area contributed by atoms with Gasteiger partial charge in [-0.1, -0.05) is 17.7 Å². The molecule has 1 heterocycles. The fourth-order valence-corrected chi connectivity index (χ4v) is 3.41. The molecule has 0 atom stereocenters. The highest BCUT2D eigenvalue weighted by atomic mass is 35.5. The summed E-state index contributed by atoms with van der Waals surface area (Å²) in [7, 11) is 1.43. The molecular formula is C23H23ClN4O5. The molecule has 0 radical (unpaired) electrons. The van der Waals surface area contributed by atoms with Crippen molar-refractivity contribution in [1.82, 2.24) is 0 Å². The molecule has 0 bridgehead atoms. The zero-order valence-electron chi connectivity index (χ0n) is 18.0. The number of primary amides is 1. The maximum absolute atomic E-state index is 12.9. The molecule has 9 nitrogen and oxygen atoms in total. The molecule has 0 spiro atoms. The smallest absolute Gasteiger partial charge is 0.266 e. The van der Waals surface area contributed by atoms with Gasteiger partial charge in [-0.3, -0.25) is 9.59 Å². The monoisotopic (exact) mass is 470 g/mol. The highest BCUT2D eigenvalue weighted by Crippen LogP contribution is 2.31. The Kier molecular flexibility index (Phi) is 8.13. The minimum absolute atomic E-state index is 0.115. The average Bonchev–Trinajstić information content (AvgIpc) is 2.82. The molecule has 1 fully saturated rings. The molecule has 33 heavy (non-hydrogen) atoms. The molecule has 3 N–H and O–H groups in total. The quantitative estimate of drug-likeness (QED) is 0.448. The van der Waals surface area contributed by atoms with Gasteiger partial charge < -0.3 is 30.2 Å². The van der Waals surface area contributed by atoms with Gasteiger partial charge in [-0.15, -0.1) is 0 Å². The zero-order valence-corrected chi connectivity index (χ0v) is 18.7. The number of ether oxygens (including phenoxy) is 3. The van der Waals surface area contributed by atoms with Crippen LogP contribution in [0.25, 0.3) is 6.08 Å². The van der Waals surface area contributed by atoms with Gasteiger partial charge in [0.05, 0.1) is 31.7 Å². The Morgan fingerprint density at radius 1 is 1.24 bits per heavy atom. The molecule has 0 aromatic heterocycles. The molecule has 172 valence electrons. The first kappa shape index (κ1) is 23.9. The SMILES string of the molecule is COc1cc(C=C(C#N)C(=O)Nc2cc(Cl)ccc2N2CCOCC2)ccc1OCC(N)=O. The van der Waals surface area contributed by atoms with Crippen LogP contribution < -0.4 is 25.4 Å². The van der Waals surface area contributed by atoms with Gasteiger partial charge in [0, 0.05) is 18.1 Å². The van der Waals surface area contributed by atoms with Crippen LogP contribution in [0.1, 0.15) is 5.56 Å². The Labute approximate surface area is 196 Å². The molecule has 0 saturated carbocycles.